The normalized spacial score (nSPS) is 14.3. The van der Waals surface area contributed by atoms with Gasteiger partial charge in [0.05, 0.1) is 19.3 Å². The maximum Gasteiger partial charge on any atom is 0.244 e. The number of fused-ring (bicyclic) bond motifs is 1. The first kappa shape index (κ1) is 15.3. The van der Waals surface area contributed by atoms with E-state index in [0.717, 1.165) is 29.9 Å². The second kappa shape index (κ2) is 7.11. The molecule has 3 rings (SSSR count). The highest BCUT2D eigenvalue weighted by Gasteiger charge is 2.12. The predicted octanol–water partition coefficient (Wildman–Crippen LogP) is 2.48. The molecule has 1 aliphatic rings. The van der Waals surface area contributed by atoms with Gasteiger partial charge in [0.1, 0.15) is 5.75 Å². The quantitative estimate of drug-likeness (QED) is 0.834. The van der Waals surface area contributed by atoms with Crippen LogP contribution in [0.5, 0.6) is 5.75 Å². The van der Waals surface area contributed by atoms with E-state index in [1.807, 2.05) is 48.5 Å². The molecule has 0 saturated carbocycles. The van der Waals surface area contributed by atoms with Gasteiger partial charge in [-0.05, 0) is 34.9 Å². The fraction of sp³-hybridized carbons (Fsp3) is 0.211. The zero-order chi connectivity index (χ0) is 16.1. The zero-order valence-electron chi connectivity index (χ0n) is 12.7. The first-order valence-electron chi connectivity index (χ1n) is 7.66. The number of rotatable bonds is 5. The van der Waals surface area contributed by atoms with Gasteiger partial charge in [0, 0.05) is 12.5 Å². The van der Waals surface area contributed by atoms with Crippen molar-refractivity contribution in [1.29, 1.82) is 0 Å². The van der Waals surface area contributed by atoms with Gasteiger partial charge in [-0.2, -0.15) is 0 Å². The number of amides is 1. The zero-order valence-corrected chi connectivity index (χ0v) is 12.7. The monoisotopic (exact) mass is 309 g/mol. The highest BCUT2D eigenvalue weighted by atomic mass is 16.5. The first-order chi connectivity index (χ1) is 11.3. The summed E-state index contributed by atoms with van der Waals surface area (Å²) >= 11 is 0. The molecule has 0 radical (unpaired) electrons. The van der Waals surface area contributed by atoms with Crippen LogP contribution in [0.2, 0.25) is 0 Å². The van der Waals surface area contributed by atoms with Crippen LogP contribution in [0.4, 0.5) is 0 Å². The Balaban J connectivity index is 1.64. The Labute approximate surface area is 135 Å². The maximum absolute atomic E-state index is 12.1. The second-order valence-corrected chi connectivity index (χ2v) is 5.45. The fourth-order valence-electron chi connectivity index (χ4n) is 2.62. The third-order valence-electron chi connectivity index (χ3n) is 3.84. The summed E-state index contributed by atoms with van der Waals surface area (Å²) in [6.45, 7) is 0.581. The van der Waals surface area contributed by atoms with Crippen LogP contribution >= 0.6 is 0 Å². The lowest BCUT2D eigenvalue weighted by molar-refractivity contribution is -0.117. The molecule has 4 nitrogen and oxygen atoms in total. The fourth-order valence-corrected chi connectivity index (χ4v) is 2.62. The number of nitrogens with one attached hydrogen (secondary N) is 1. The summed E-state index contributed by atoms with van der Waals surface area (Å²) in [6.07, 6.45) is 4.17. The average molecular weight is 309 g/mol. The molecule has 0 aliphatic carbocycles. The summed E-state index contributed by atoms with van der Waals surface area (Å²) in [4.78, 5) is 12.1. The molecule has 1 amide bonds. The van der Waals surface area contributed by atoms with E-state index in [4.69, 9.17) is 4.74 Å². The minimum Gasteiger partial charge on any atom is -0.493 e. The number of benzene rings is 2. The number of ether oxygens (including phenoxy) is 1. The minimum atomic E-state index is -0.401. The molecular weight excluding hydrogens is 290 g/mol. The van der Waals surface area contributed by atoms with Crippen LogP contribution in [0.15, 0.2) is 54.6 Å². The van der Waals surface area contributed by atoms with Crippen molar-refractivity contribution >= 4 is 12.0 Å². The summed E-state index contributed by atoms with van der Waals surface area (Å²) < 4.78 is 5.46. The van der Waals surface area contributed by atoms with E-state index in [1.165, 1.54) is 11.6 Å². The molecule has 2 aromatic carbocycles. The maximum atomic E-state index is 12.1. The van der Waals surface area contributed by atoms with Gasteiger partial charge in [-0.3, -0.25) is 4.79 Å². The number of hydrogen-bond acceptors (Lipinski definition) is 3. The van der Waals surface area contributed by atoms with Crippen molar-refractivity contribution in [3.8, 4) is 5.75 Å². The molecule has 0 bridgehead atoms. The van der Waals surface area contributed by atoms with E-state index in [-0.39, 0.29) is 12.5 Å². The molecule has 118 valence electrons. The van der Waals surface area contributed by atoms with Crippen LogP contribution < -0.4 is 10.1 Å². The third kappa shape index (κ3) is 3.79. The van der Waals surface area contributed by atoms with Crippen molar-refractivity contribution in [3.05, 3.63) is 71.3 Å². The molecular formula is C19H19NO3. The van der Waals surface area contributed by atoms with Crippen molar-refractivity contribution in [1.82, 2.24) is 5.32 Å². The molecule has 1 heterocycles. The van der Waals surface area contributed by atoms with Gasteiger partial charge in [0.25, 0.3) is 0 Å². The van der Waals surface area contributed by atoms with E-state index in [2.05, 4.69) is 5.32 Å². The summed E-state index contributed by atoms with van der Waals surface area (Å²) in [5.41, 5.74) is 3.01. The highest BCUT2D eigenvalue weighted by Crippen LogP contribution is 2.26. The van der Waals surface area contributed by atoms with Crippen molar-refractivity contribution in [2.45, 2.75) is 12.5 Å². The number of hydrogen-bond donors (Lipinski definition) is 2. The lowest BCUT2D eigenvalue weighted by atomic mass is 10.1. The van der Waals surface area contributed by atoms with Gasteiger partial charge in [-0.25, -0.2) is 0 Å². The molecule has 0 spiro atoms. The molecule has 4 heteroatoms. The SMILES string of the molecule is O=C(/C=C/c1ccc2c(c1)CCO2)NC(CO)c1ccccc1. The van der Waals surface area contributed by atoms with Gasteiger partial charge in [-0.15, -0.1) is 0 Å². The average Bonchev–Trinajstić information content (AvgIpc) is 3.06. The largest absolute Gasteiger partial charge is 0.493 e. The van der Waals surface area contributed by atoms with E-state index in [0.29, 0.717) is 0 Å². The van der Waals surface area contributed by atoms with Crippen molar-refractivity contribution in [3.63, 3.8) is 0 Å². The number of carbonyl (C=O) groups excluding carboxylic acids is 1. The second-order valence-electron chi connectivity index (χ2n) is 5.45. The third-order valence-corrected chi connectivity index (χ3v) is 3.84. The molecule has 2 aromatic rings. The van der Waals surface area contributed by atoms with Gasteiger partial charge in [0.15, 0.2) is 0 Å². The molecule has 1 atom stereocenters. The summed E-state index contributed by atoms with van der Waals surface area (Å²) in [5, 5.41) is 12.3. The number of aliphatic hydroxyl groups excluding tert-OH is 1. The summed E-state index contributed by atoms with van der Waals surface area (Å²) in [7, 11) is 0. The van der Waals surface area contributed by atoms with E-state index in [1.54, 1.807) is 6.08 Å². The van der Waals surface area contributed by atoms with Crippen LogP contribution in [0.1, 0.15) is 22.7 Å². The van der Waals surface area contributed by atoms with E-state index >= 15 is 0 Å². The lowest BCUT2D eigenvalue weighted by Crippen LogP contribution is -2.29. The van der Waals surface area contributed by atoms with Gasteiger partial charge >= 0.3 is 0 Å². The Bertz CT molecular complexity index is 710. The Morgan fingerprint density at radius 2 is 2.09 bits per heavy atom. The lowest BCUT2D eigenvalue weighted by Gasteiger charge is -2.15. The molecule has 1 unspecified atom stereocenters. The Hall–Kier alpha value is -2.59. The first-order valence-corrected chi connectivity index (χ1v) is 7.66. The highest BCUT2D eigenvalue weighted by molar-refractivity contribution is 5.92. The number of carbonyl (C=O) groups is 1. The smallest absolute Gasteiger partial charge is 0.244 e. The van der Waals surface area contributed by atoms with Gasteiger partial charge in [0.2, 0.25) is 5.91 Å². The van der Waals surface area contributed by atoms with Gasteiger partial charge in [-0.1, -0.05) is 36.4 Å². The van der Waals surface area contributed by atoms with E-state index in [9.17, 15) is 9.90 Å². The van der Waals surface area contributed by atoms with Crippen molar-refractivity contribution in [2.24, 2.45) is 0 Å². The number of aliphatic hydroxyl groups is 1. The molecule has 2 N–H and O–H groups in total. The molecule has 0 aromatic heterocycles. The molecule has 1 aliphatic heterocycles. The topological polar surface area (TPSA) is 58.6 Å². The summed E-state index contributed by atoms with van der Waals surface area (Å²) in [5.74, 6) is 0.695. The summed E-state index contributed by atoms with van der Waals surface area (Å²) in [6, 6.07) is 14.9. The van der Waals surface area contributed by atoms with Crippen molar-refractivity contribution in [2.75, 3.05) is 13.2 Å². The standard InChI is InChI=1S/C19H19NO3/c21-13-17(15-4-2-1-3-5-15)20-19(22)9-7-14-6-8-18-16(12-14)10-11-23-18/h1-9,12,17,21H,10-11,13H2,(H,20,22)/b9-7+. The molecule has 0 fully saturated rings. The van der Waals surface area contributed by atoms with Crippen LogP contribution in [0.25, 0.3) is 6.08 Å². The van der Waals surface area contributed by atoms with Crippen LogP contribution in [-0.4, -0.2) is 24.2 Å². The van der Waals surface area contributed by atoms with Crippen LogP contribution in [-0.2, 0) is 11.2 Å². The molecule has 0 saturated heterocycles. The Kier molecular flexibility index (Phi) is 4.74. The van der Waals surface area contributed by atoms with Crippen LogP contribution in [0, 0.1) is 0 Å². The van der Waals surface area contributed by atoms with Gasteiger partial charge < -0.3 is 15.2 Å². The van der Waals surface area contributed by atoms with Crippen molar-refractivity contribution < 1.29 is 14.6 Å². The Morgan fingerprint density at radius 1 is 1.26 bits per heavy atom. The Morgan fingerprint density at radius 3 is 2.87 bits per heavy atom. The van der Waals surface area contributed by atoms with E-state index < -0.39 is 6.04 Å². The minimum absolute atomic E-state index is 0.139. The van der Waals surface area contributed by atoms with Crippen LogP contribution in [0.3, 0.4) is 0 Å². The predicted molar refractivity (Wildman–Crippen MR) is 89.1 cm³/mol. The molecule has 23 heavy (non-hydrogen) atoms.